The van der Waals surface area contributed by atoms with Gasteiger partial charge in [-0.1, -0.05) is 46.5 Å². The molecule has 0 saturated heterocycles. The van der Waals surface area contributed by atoms with Gasteiger partial charge < -0.3 is 15.3 Å². The van der Waals surface area contributed by atoms with Crippen LogP contribution in [0.3, 0.4) is 0 Å². The molecule has 1 rings (SSSR count). The number of unbranched alkanes of at least 4 members (excludes halogenated alkanes) is 3. The average Bonchev–Trinajstić information content (AvgIpc) is 3.02. The SMILES string of the molecule is CCCCCCC(=O)O.CC[C@H](C)CC(F)(F)C(O)(O)CC[C@H]1CCC(=O)C1. The Hall–Kier alpha value is -1.08. The Kier molecular flexibility index (Phi) is 12.7. The summed E-state index contributed by atoms with van der Waals surface area (Å²) < 4.78 is 27.6. The number of hydrogen-bond acceptors (Lipinski definition) is 4. The summed E-state index contributed by atoms with van der Waals surface area (Å²) >= 11 is 0. The Balaban J connectivity index is 0.000000684. The molecular formula is C21H38F2O5. The van der Waals surface area contributed by atoms with E-state index >= 15 is 0 Å². The summed E-state index contributed by atoms with van der Waals surface area (Å²) in [7, 11) is 0. The van der Waals surface area contributed by atoms with Gasteiger partial charge in [0.1, 0.15) is 5.78 Å². The number of carboxylic acid groups (broad SMARTS) is 1. The molecule has 28 heavy (non-hydrogen) atoms. The molecule has 0 heterocycles. The maximum atomic E-state index is 13.8. The third-order valence-electron chi connectivity index (χ3n) is 5.38. The molecule has 1 fully saturated rings. The van der Waals surface area contributed by atoms with E-state index in [1.807, 2.05) is 0 Å². The van der Waals surface area contributed by atoms with Crippen LogP contribution in [0.5, 0.6) is 0 Å². The van der Waals surface area contributed by atoms with Crippen molar-refractivity contribution in [3.8, 4) is 0 Å². The lowest BCUT2D eigenvalue weighted by Gasteiger charge is -2.33. The van der Waals surface area contributed by atoms with Gasteiger partial charge in [-0.3, -0.25) is 9.59 Å². The van der Waals surface area contributed by atoms with Crippen LogP contribution in [-0.4, -0.2) is 38.8 Å². The topological polar surface area (TPSA) is 94.8 Å². The molecule has 1 aliphatic rings. The molecule has 0 aromatic heterocycles. The van der Waals surface area contributed by atoms with Crippen LogP contribution < -0.4 is 0 Å². The van der Waals surface area contributed by atoms with Crippen molar-refractivity contribution in [2.45, 2.75) is 110 Å². The number of Topliss-reactive ketones (excluding diaryl/α,β-unsaturated/α-hetero) is 1. The zero-order valence-electron chi connectivity index (χ0n) is 17.6. The number of carbonyl (C=O) groups is 2. The highest BCUT2D eigenvalue weighted by atomic mass is 19.3. The molecule has 1 aliphatic carbocycles. The van der Waals surface area contributed by atoms with Gasteiger partial charge in [0.05, 0.1) is 0 Å². The highest BCUT2D eigenvalue weighted by Gasteiger charge is 2.51. The maximum Gasteiger partial charge on any atom is 0.303 e. The Morgan fingerprint density at radius 3 is 2.32 bits per heavy atom. The number of aliphatic hydroxyl groups is 2. The molecule has 0 bridgehead atoms. The molecule has 5 nitrogen and oxygen atoms in total. The minimum absolute atomic E-state index is 0.0190. The first kappa shape index (κ1) is 26.9. The molecule has 2 atom stereocenters. The van der Waals surface area contributed by atoms with Gasteiger partial charge in [0.15, 0.2) is 0 Å². The Labute approximate surface area is 167 Å². The smallest absolute Gasteiger partial charge is 0.303 e. The van der Waals surface area contributed by atoms with Crippen LogP contribution in [0.4, 0.5) is 8.78 Å². The number of carbonyl (C=O) groups excluding carboxylic acids is 1. The Bertz CT molecular complexity index is 466. The van der Waals surface area contributed by atoms with Crippen LogP contribution in [0.2, 0.25) is 0 Å². The van der Waals surface area contributed by atoms with Crippen molar-refractivity contribution in [1.82, 2.24) is 0 Å². The third kappa shape index (κ3) is 11.1. The van der Waals surface area contributed by atoms with Crippen molar-refractivity contribution in [3.63, 3.8) is 0 Å². The fourth-order valence-corrected chi connectivity index (χ4v) is 3.17. The average molecular weight is 409 g/mol. The van der Waals surface area contributed by atoms with Gasteiger partial charge in [-0.15, -0.1) is 0 Å². The summed E-state index contributed by atoms with van der Waals surface area (Å²) in [5.74, 6) is -7.26. The normalized spacial score (nSPS) is 18.5. The van der Waals surface area contributed by atoms with E-state index in [0.29, 0.717) is 32.1 Å². The van der Waals surface area contributed by atoms with Crippen LogP contribution in [0.1, 0.15) is 97.8 Å². The number of aliphatic carboxylic acids is 1. The number of halogens is 2. The molecule has 0 amide bonds. The van der Waals surface area contributed by atoms with E-state index in [1.165, 1.54) is 6.42 Å². The van der Waals surface area contributed by atoms with E-state index < -0.39 is 24.1 Å². The van der Waals surface area contributed by atoms with Crippen molar-refractivity contribution in [1.29, 1.82) is 0 Å². The van der Waals surface area contributed by atoms with Crippen LogP contribution in [-0.2, 0) is 9.59 Å². The first-order chi connectivity index (χ1) is 12.9. The second-order valence-corrected chi connectivity index (χ2v) is 8.13. The number of ketones is 1. The summed E-state index contributed by atoms with van der Waals surface area (Å²) in [5.41, 5.74) is 0. The number of rotatable bonds is 12. The summed E-state index contributed by atoms with van der Waals surface area (Å²) in [4.78, 5) is 21.0. The second-order valence-electron chi connectivity index (χ2n) is 8.13. The minimum Gasteiger partial charge on any atom is -0.481 e. The second kappa shape index (κ2) is 13.2. The summed E-state index contributed by atoms with van der Waals surface area (Å²) in [6.07, 6.45) is 6.02. The largest absolute Gasteiger partial charge is 0.481 e. The molecular weight excluding hydrogens is 370 g/mol. The molecule has 0 aromatic carbocycles. The molecule has 1 saturated carbocycles. The molecule has 0 aliphatic heterocycles. The van der Waals surface area contributed by atoms with Crippen LogP contribution >= 0.6 is 0 Å². The van der Waals surface area contributed by atoms with E-state index in [0.717, 1.165) is 19.3 Å². The molecule has 0 unspecified atom stereocenters. The Morgan fingerprint density at radius 2 is 1.86 bits per heavy atom. The zero-order valence-corrected chi connectivity index (χ0v) is 17.6. The van der Waals surface area contributed by atoms with Gasteiger partial charge >= 0.3 is 11.9 Å². The lowest BCUT2D eigenvalue weighted by molar-refractivity contribution is -0.304. The fraction of sp³-hybridized carbons (Fsp3) is 0.905. The first-order valence-electron chi connectivity index (χ1n) is 10.5. The zero-order chi connectivity index (χ0) is 21.8. The van der Waals surface area contributed by atoms with E-state index in [4.69, 9.17) is 5.11 Å². The summed E-state index contributed by atoms with van der Waals surface area (Å²) in [6.45, 7) is 5.57. The highest BCUT2D eigenvalue weighted by Crippen LogP contribution is 2.39. The van der Waals surface area contributed by atoms with Gasteiger partial charge in [-0.05, 0) is 31.1 Å². The van der Waals surface area contributed by atoms with Crippen molar-refractivity contribution in [2.75, 3.05) is 0 Å². The summed E-state index contributed by atoms with van der Waals surface area (Å²) in [5, 5.41) is 27.5. The van der Waals surface area contributed by atoms with E-state index in [2.05, 4.69) is 6.92 Å². The number of hydrogen-bond donors (Lipinski definition) is 3. The minimum atomic E-state index is -3.51. The lowest BCUT2D eigenvalue weighted by atomic mass is 9.90. The Morgan fingerprint density at radius 1 is 1.21 bits per heavy atom. The molecule has 0 spiro atoms. The molecule has 0 radical (unpaired) electrons. The lowest BCUT2D eigenvalue weighted by Crippen LogP contribution is -2.49. The quantitative estimate of drug-likeness (QED) is 0.314. The van der Waals surface area contributed by atoms with Crippen LogP contribution in [0.25, 0.3) is 0 Å². The van der Waals surface area contributed by atoms with Crippen LogP contribution in [0.15, 0.2) is 0 Å². The van der Waals surface area contributed by atoms with Crippen molar-refractivity contribution < 1.29 is 33.7 Å². The first-order valence-corrected chi connectivity index (χ1v) is 10.5. The summed E-state index contributed by atoms with van der Waals surface area (Å²) in [6, 6.07) is 0. The fourth-order valence-electron chi connectivity index (χ4n) is 3.17. The highest BCUT2D eigenvalue weighted by molar-refractivity contribution is 5.80. The van der Waals surface area contributed by atoms with E-state index in [1.54, 1.807) is 13.8 Å². The third-order valence-corrected chi connectivity index (χ3v) is 5.38. The van der Waals surface area contributed by atoms with E-state index in [-0.39, 0.29) is 30.5 Å². The van der Waals surface area contributed by atoms with Gasteiger partial charge in [-0.2, -0.15) is 0 Å². The van der Waals surface area contributed by atoms with Gasteiger partial charge in [-0.25, -0.2) is 8.78 Å². The van der Waals surface area contributed by atoms with Crippen molar-refractivity contribution >= 4 is 11.8 Å². The standard InChI is InChI=1S/C14H24F2O3.C7H14O2/c1-3-10(2)9-13(15,16)14(18,19)7-6-11-4-5-12(17)8-11;1-2-3-4-5-6-7(8)9/h10-11,18-19H,3-9H2,1-2H3;2-6H2,1H3,(H,8,9)/t10-,11+;/m0./s1. The van der Waals surface area contributed by atoms with Crippen molar-refractivity contribution in [2.24, 2.45) is 11.8 Å². The molecule has 7 heteroatoms. The van der Waals surface area contributed by atoms with Crippen LogP contribution in [0, 0.1) is 11.8 Å². The molecule has 166 valence electrons. The molecule has 3 N–H and O–H groups in total. The molecule has 0 aromatic rings. The number of carboxylic acids is 1. The number of alkyl halides is 2. The maximum absolute atomic E-state index is 13.8. The van der Waals surface area contributed by atoms with E-state index in [9.17, 15) is 28.6 Å². The monoisotopic (exact) mass is 408 g/mol. The predicted molar refractivity (Wildman–Crippen MR) is 104 cm³/mol. The van der Waals surface area contributed by atoms with Crippen molar-refractivity contribution in [3.05, 3.63) is 0 Å². The van der Waals surface area contributed by atoms with Gasteiger partial charge in [0.2, 0.25) is 5.79 Å². The van der Waals surface area contributed by atoms with Gasteiger partial charge in [0.25, 0.3) is 0 Å². The predicted octanol–water partition coefficient (Wildman–Crippen LogP) is 4.93. The van der Waals surface area contributed by atoms with Gasteiger partial charge in [0, 0.05) is 32.1 Å².